The van der Waals surface area contributed by atoms with Crippen molar-refractivity contribution < 1.29 is 4.79 Å². The Balaban J connectivity index is 1.98. The predicted octanol–water partition coefficient (Wildman–Crippen LogP) is 3.03. The molecular weight excluding hydrogens is 280 g/mol. The van der Waals surface area contributed by atoms with Crippen molar-refractivity contribution in [2.75, 3.05) is 5.32 Å². The van der Waals surface area contributed by atoms with E-state index in [1.165, 1.54) is 0 Å². The van der Waals surface area contributed by atoms with Gasteiger partial charge in [-0.15, -0.1) is 0 Å². The molecule has 1 aromatic carbocycles. The van der Waals surface area contributed by atoms with E-state index in [9.17, 15) is 4.79 Å². The molecule has 0 atom stereocenters. The minimum atomic E-state index is -0.0453. The summed E-state index contributed by atoms with van der Waals surface area (Å²) < 4.78 is 0.843. The van der Waals surface area contributed by atoms with Crippen LogP contribution in [0.1, 0.15) is 5.56 Å². The van der Waals surface area contributed by atoms with Crippen LogP contribution >= 0.6 is 15.9 Å². The summed E-state index contributed by atoms with van der Waals surface area (Å²) >= 11 is 3.31. The molecule has 0 radical (unpaired) electrons. The molecule has 0 saturated carbocycles. The standard InChI is InChI=1S/C13H11BrN2O/c14-11-7-12(9-15-8-11)16-13(17)6-10-4-2-1-3-5-10/h1-5,7-9H,6H2,(H,16,17). The van der Waals surface area contributed by atoms with Gasteiger partial charge in [-0.05, 0) is 27.6 Å². The number of hydrogen-bond acceptors (Lipinski definition) is 2. The molecule has 1 amide bonds. The maximum Gasteiger partial charge on any atom is 0.228 e. The van der Waals surface area contributed by atoms with Gasteiger partial charge in [0.1, 0.15) is 0 Å². The first-order valence-corrected chi connectivity index (χ1v) is 5.97. The first kappa shape index (κ1) is 11.8. The lowest BCUT2D eigenvalue weighted by Crippen LogP contribution is -2.14. The average Bonchev–Trinajstić information content (AvgIpc) is 2.30. The summed E-state index contributed by atoms with van der Waals surface area (Å²) in [4.78, 5) is 15.7. The fourth-order valence-electron chi connectivity index (χ4n) is 1.47. The Hall–Kier alpha value is -1.68. The van der Waals surface area contributed by atoms with Crippen molar-refractivity contribution in [2.24, 2.45) is 0 Å². The third kappa shape index (κ3) is 3.67. The highest BCUT2D eigenvalue weighted by Gasteiger charge is 2.04. The monoisotopic (exact) mass is 290 g/mol. The van der Waals surface area contributed by atoms with E-state index in [-0.39, 0.29) is 5.91 Å². The van der Waals surface area contributed by atoms with Gasteiger partial charge >= 0.3 is 0 Å². The zero-order valence-corrected chi connectivity index (χ0v) is 10.6. The molecule has 0 unspecified atom stereocenters. The lowest BCUT2D eigenvalue weighted by atomic mass is 10.1. The number of anilines is 1. The van der Waals surface area contributed by atoms with Crippen LogP contribution < -0.4 is 5.32 Å². The zero-order chi connectivity index (χ0) is 12.1. The molecule has 1 N–H and O–H groups in total. The SMILES string of the molecule is O=C(Cc1ccccc1)Nc1cncc(Br)c1. The summed E-state index contributed by atoms with van der Waals surface area (Å²) in [7, 11) is 0. The number of rotatable bonds is 3. The molecule has 2 rings (SSSR count). The number of amides is 1. The van der Waals surface area contributed by atoms with E-state index >= 15 is 0 Å². The number of carbonyl (C=O) groups excluding carboxylic acids is 1. The van der Waals surface area contributed by atoms with Gasteiger partial charge in [0.25, 0.3) is 0 Å². The van der Waals surface area contributed by atoms with Gasteiger partial charge in [0.15, 0.2) is 0 Å². The summed E-state index contributed by atoms with van der Waals surface area (Å²) in [5.74, 6) is -0.0453. The van der Waals surface area contributed by atoms with Gasteiger partial charge in [-0.2, -0.15) is 0 Å². The minimum absolute atomic E-state index is 0.0453. The first-order chi connectivity index (χ1) is 8.24. The number of carbonyl (C=O) groups is 1. The number of benzene rings is 1. The molecule has 17 heavy (non-hydrogen) atoms. The van der Waals surface area contributed by atoms with Crippen molar-refractivity contribution in [2.45, 2.75) is 6.42 Å². The number of aromatic nitrogens is 1. The molecule has 3 nitrogen and oxygen atoms in total. The summed E-state index contributed by atoms with van der Waals surface area (Å²) in [6, 6.07) is 11.4. The van der Waals surface area contributed by atoms with Gasteiger partial charge in [0.2, 0.25) is 5.91 Å². The molecule has 86 valence electrons. The van der Waals surface area contributed by atoms with E-state index in [4.69, 9.17) is 0 Å². The van der Waals surface area contributed by atoms with Crippen LogP contribution in [0.25, 0.3) is 0 Å². The van der Waals surface area contributed by atoms with Crippen LogP contribution in [-0.2, 0) is 11.2 Å². The van der Waals surface area contributed by atoms with E-state index in [1.807, 2.05) is 36.4 Å². The number of nitrogens with one attached hydrogen (secondary N) is 1. The molecule has 0 spiro atoms. The summed E-state index contributed by atoms with van der Waals surface area (Å²) in [6.07, 6.45) is 3.66. The normalized spacial score (nSPS) is 9.94. The van der Waals surface area contributed by atoms with Gasteiger partial charge < -0.3 is 5.32 Å². The van der Waals surface area contributed by atoms with E-state index in [0.29, 0.717) is 12.1 Å². The van der Waals surface area contributed by atoms with Crippen LogP contribution in [0.4, 0.5) is 5.69 Å². The zero-order valence-electron chi connectivity index (χ0n) is 9.06. The van der Waals surface area contributed by atoms with Crippen molar-refractivity contribution in [1.29, 1.82) is 0 Å². The molecular formula is C13H11BrN2O. The quantitative estimate of drug-likeness (QED) is 0.944. The van der Waals surface area contributed by atoms with Gasteiger partial charge in [0.05, 0.1) is 18.3 Å². The van der Waals surface area contributed by atoms with Gasteiger partial charge in [0, 0.05) is 10.7 Å². The summed E-state index contributed by atoms with van der Waals surface area (Å²) in [6.45, 7) is 0. The second-order valence-corrected chi connectivity index (χ2v) is 4.52. The Kier molecular flexibility index (Phi) is 3.88. The molecule has 4 heteroatoms. The molecule has 1 heterocycles. The van der Waals surface area contributed by atoms with E-state index in [2.05, 4.69) is 26.2 Å². The average molecular weight is 291 g/mol. The number of pyridine rings is 1. The smallest absolute Gasteiger partial charge is 0.228 e. The lowest BCUT2D eigenvalue weighted by molar-refractivity contribution is -0.115. The van der Waals surface area contributed by atoms with E-state index < -0.39 is 0 Å². The van der Waals surface area contributed by atoms with Crippen molar-refractivity contribution >= 4 is 27.5 Å². The van der Waals surface area contributed by atoms with Crippen LogP contribution in [0.5, 0.6) is 0 Å². The van der Waals surface area contributed by atoms with Crippen molar-refractivity contribution in [3.63, 3.8) is 0 Å². The Morgan fingerprint density at radius 3 is 2.71 bits per heavy atom. The topological polar surface area (TPSA) is 42.0 Å². The predicted molar refractivity (Wildman–Crippen MR) is 70.7 cm³/mol. The molecule has 2 aromatic rings. The number of nitrogens with zero attached hydrogens (tertiary/aromatic N) is 1. The van der Waals surface area contributed by atoms with Crippen LogP contribution in [0, 0.1) is 0 Å². The Labute approximate surface area is 108 Å². The van der Waals surface area contributed by atoms with Gasteiger partial charge in [-0.25, -0.2) is 0 Å². The minimum Gasteiger partial charge on any atom is -0.324 e. The third-order valence-corrected chi connectivity index (χ3v) is 2.63. The molecule has 1 aromatic heterocycles. The maximum atomic E-state index is 11.7. The lowest BCUT2D eigenvalue weighted by Gasteiger charge is -2.05. The van der Waals surface area contributed by atoms with Crippen LogP contribution in [0.2, 0.25) is 0 Å². The number of hydrogen-bond donors (Lipinski definition) is 1. The molecule has 0 saturated heterocycles. The van der Waals surface area contributed by atoms with Gasteiger partial charge in [-0.1, -0.05) is 30.3 Å². The van der Waals surface area contributed by atoms with E-state index in [1.54, 1.807) is 12.4 Å². The largest absolute Gasteiger partial charge is 0.324 e. The molecule has 0 bridgehead atoms. The molecule has 0 aliphatic rings. The van der Waals surface area contributed by atoms with Crippen molar-refractivity contribution in [3.8, 4) is 0 Å². The van der Waals surface area contributed by atoms with Crippen LogP contribution in [0.3, 0.4) is 0 Å². The van der Waals surface area contributed by atoms with Gasteiger partial charge in [-0.3, -0.25) is 9.78 Å². The fourth-order valence-corrected chi connectivity index (χ4v) is 1.83. The van der Waals surface area contributed by atoms with Crippen LogP contribution in [-0.4, -0.2) is 10.9 Å². The highest BCUT2D eigenvalue weighted by Crippen LogP contribution is 2.13. The highest BCUT2D eigenvalue weighted by molar-refractivity contribution is 9.10. The second-order valence-electron chi connectivity index (χ2n) is 3.60. The maximum absolute atomic E-state index is 11.7. The van der Waals surface area contributed by atoms with Crippen molar-refractivity contribution in [1.82, 2.24) is 4.98 Å². The number of halogens is 1. The Bertz CT molecular complexity index is 514. The first-order valence-electron chi connectivity index (χ1n) is 5.18. The summed E-state index contributed by atoms with van der Waals surface area (Å²) in [5, 5.41) is 2.80. The molecule has 0 aliphatic carbocycles. The molecule has 0 aliphatic heterocycles. The fraction of sp³-hybridized carbons (Fsp3) is 0.0769. The Morgan fingerprint density at radius 2 is 2.00 bits per heavy atom. The molecule has 0 fully saturated rings. The van der Waals surface area contributed by atoms with Crippen molar-refractivity contribution in [3.05, 3.63) is 58.8 Å². The van der Waals surface area contributed by atoms with Crippen LogP contribution in [0.15, 0.2) is 53.3 Å². The highest BCUT2D eigenvalue weighted by atomic mass is 79.9. The summed E-state index contributed by atoms with van der Waals surface area (Å²) in [5.41, 5.74) is 1.69. The Morgan fingerprint density at radius 1 is 1.24 bits per heavy atom. The van der Waals surface area contributed by atoms with E-state index in [0.717, 1.165) is 10.0 Å². The third-order valence-electron chi connectivity index (χ3n) is 2.20. The second kappa shape index (κ2) is 5.59.